The van der Waals surface area contributed by atoms with Crippen molar-refractivity contribution in [2.75, 3.05) is 13.1 Å². The first-order valence-electron chi connectivity index (χ1n) is 8.36. The number of hydrogen-bond acceptors (Lipinski definition) is 4. The van der Waals surface area contributed by atoms with Gasteiger partial charge in [0.25, 0.3) is 0 Å². The molecule has 0 aromatic heterocycles. The van der Waals surface area contributed by atoms with Crippen molar-refractivity contribution in [2.24, 2.45) is 5.92 Å². The van der Waals surface area contributed by atoms with Crippen LogP contribution in [0, 0.1) is 5.92 Å². The van der Waals surface area contributed by atoms with Crippen LogP contribution in [0.25, 0.3) is 0 Å². The average molecular weight is 398 g/mol. The van der Waals surface area contributed by atoms with E-state index in [4.69, 9.17) is 14.2 Å². The van der Waals surface area contributed by atoms with E-state index in [0.29, 0.717) is 25.6 Å². The Morgan fingerprint density at radius 3 is 2.67 bits per heavy atom. The van der Waals surface area contributed by atoms with E-state index >= 15 is 0 Å². The summed E-state index contributed by atoms with van der Waals surface area (Å²) in [4.78, 5) is 13.9. The zero-order chi connectivity index (χ0) is 17.3. The summed E-state index contributed by atoms with van der Waals surface area (Å²) in [5.41, 5.74) is 0.605. The number of carbonyl (C=O) groups excluding carboxylic acids is 1. The average Bonchev–Trinajstić information content (AvgIpc) is 2.53. The number of piperidine rings is 1. The summed E-state index contributed by atoms with van der Waals surface area (Å²) in [5.74, 6) is 1.18. The Kier molecular flexibility index (Phi) is 5.06. The maximum absolute atomic E-state index is 12.1. The minimum Gasteiger partial charge on any atom is -0.464 e. The fraction of sp³-hybridized carbons (Fsp3) is 0.611. The number of amides is 1. The molecule has 1 fully saturated rings. The fourth-order valence-electron chi connectivity index (χ4n) is 3.02. The predicted octanol–water partition coefficient (Wildman–Crippen LogP) is 4.33. The summed E-state index contributed by atoms with van der Waals surface area (Å²) in [6.07, 6.45) is 1.24. The van der Waals surface area contributed by atoms with Crippen LogP contribution >= 0.6 is 15.9 Å². The molecule has 1 amide bonds. The summed E-state index contributed by atoms with van der Waals surface area (Å²) in [6.45, 7) is 7.57. The van der Waals surface area contributed by atoms with Crippen molar-refractivity contribution in [3.63, 3.8) is 0 Å². The normalized spacial score (nSPS) is 21.8. The molecule has 2 heterocycles. The third kappa shape index (κ3) is 4.22. The minimum atomic E-state index is -0.457. The summed E-state index contributed by atoms with van der Waals surface area (Å²) in [6, 6.07) is 5.98. The van der Waals surface area contributed by atoms with Crippen molar-refractivity contribution in [3.05, 3.63) is 28.2 Å². The number of fused-ring (bicyclic) bond motifs is 1. The molecule has 24 heavy (non-hydrogen) atoms. The first kappa shape index (κ1) is 17.5. The summed E-state index contributed by atoms with van der Waals surface area (Å²) in [5, 5.41) is 0. The zero-order valence-electron chi connectivity index (χ0n) is 14.4. The van der Waals surface area contributed by atoms with Crippen molar-refractivity contribution in [1.82, 2.24) is 4.90 Å². The van der Waals surface area contributed by atoms with E-state index in [9.17, 15) is 4.79 Å². The quantitative estimate of drug-likeness (QED) is 0.707. The highest BCUT2D eigenvalue weighted by Gasteiger charge is 2.34. The van der Waals surface area contributed by atoms with Crippen LogP contribution in [0.3, 0.4) is 0 Å². The number of carbonyl (C=O) groups is 1. The summed E-state index contributed by atoms with van der Waals surface area (Å²) in [7, 11) is 0. The van der Waals surface area contributed by atoms with E-state index in [1.165, 1.54) is 0 Å². The summed E-state index contributed by atoms with van der Waals surface area (Å²) < 4.78 is 18.4. The van der Waals surface area contributed by atoms with Gasteiger partial charge in [0.1, 0.15) is 11.4 Å². The van der Waals surface area contributed by atoms with Gasteiger partial charge in [0.05, 0.1) is 6.61 Å². The second-order valence-electron chi connectivity index (χ2n) is 7.35. The van der Waals surface area contributed by atoms with Crippen molar-refractivity contribution in [3.8, 4) is 5.75 Å². The lowest BCUT2D eigenvalue weighted by Crippen LogP contribution is -2.45. The van der Waals surface area contributed by atoms with Gasteiger partial charge in [-0.1, -0.05) is 15.9 Å². The van der Waals surface area contributed by atoms with E-state index in [1.807, 2.05) is 39.0 Å². The molecule has 1 aromatic rings. The van der Waals surface area contributed by atoms with Crippen LogP contribution in [0.5, 0.6) is 5.75 Å². The maximum Gasteiger partial charge on any atom is 0.410 e. The highest BCUT2D eigenvalue weighted by molar-refractivity contribution is 9.10. The van der Waals surface area contributed by atoms with Gasteiger partial charge in [0.15, 0.2) is 0 Å². The Bertz CT molecular complexity index is 606. The van der Waals surface area contributed by atoms with Gasteiger partial charge in [-0.25, -0.2) is 4.79 Å². The molecule has 1 saturated heterocycles. The van der Waals surface area contributed by atoms with Gasteiger partial charge in [-0.3, -0.25) is 0 Å². The molecule has 6 heteroatoms. The number of rotatable bonds is 1. The second-order valence-corrected chi connectivity index (χ2v) is 8.27. The number of hydrogen-bond donors (Lipinski definition) is 0. The molecule has 0 spiro atoms. The molecule has 1 atom stereocenters. The van der Waals surface area contributed by atoms with Crippen molar-refractivity contribution < 1.29 is 19.0 Å². The lowest BCUT2D eigenvalue weighted by Gasteiger charge is -2.38. The second kappa shape index (κ2) is 6.92. The number of halogens is 1. The number of likely N-dealkylation sites (tertiary alicyclic amines) is 1. The molecule has 1 unspecified atom stereocenters. The van der Waals surface area contributed by atoms with Crippen LogP contribution in [0.15, 0.2) is 22.7 Å². The molecule has 2 aliphatic heterocycles. The Labute approximate surface area is 151 Å². The Hall–Kier alpha value is -1.27. The van der Waals surface area contributed by atoms with E-state index < -0.39 is 5.60 Å². The fourth-order valence-corrected chi connectivity index (χ4v) is 3.43. The lowest BCUT2D eigenvalue weighted by atomic mass is 9.96. The first-order chi connectivity index (χ1) is 11.3. The number of ether oxygens (including phenoxy) is 3. The van der Waals surface area contributed by atoms with Crippen LogP contribution in [-0.2, 0) is 16.1 Å². The molecule has 2 aliphatic rings. The topological polar surface area (TPSA) is 48.0 Å². The van der Waals surface area contributed by atoms with Crippen LogP contribution in [0.2, 0.25) is 0 Å². The zero-order valence-corrected chi connectivity index (χ0v) is 16.0. The van der Waals surface area contributed by atoms with Crippen molar-refractivity contribution >= 4 is 22.0 Å². The highest BCUT2D eigenvalue weighted by atomic mass is 79.9. The SMILES string of the molecule is CC(C)(C)OC(=O)N1CCC(C2OCc3cc(Br)ccc3O2)CC1. The van der Waals surface area contributed by atoms with E-state index in [-0.39, 0.29) is 12.4 Å². The molecule has 0 saturated carbocycles. The van der Waals surface area contributed by atoms with Crippen molar-refractivity contribution in [1.29, 1.82) is 0 Å². The number of benzene rings is 1. The van der Waals surface area contributed by atoms with Crippen LogP contribution in [0.4, 0.5) is 4.79 Å². The van der Waals surface area contributed by atoms with Crippen molar-refractivity contribution in [2.45, 2.75) is 52.1 Å². The molecule has 0 radical (unpaired) electrons. The van der Waals surface area contributed by atoms with Gasteiger partial charge >= 0.3 is 6.09 Å². The smallest absolute Gasteiger partial charge is 0.410 e. The molecular weight excluding hydrogens is 374 g/mol. The molecule has 5 nitrogen and oxygen atoms in total. The van der Waals surface area contributed by atoms with Gasteiger partial charge in [0.2, 0.25) is 6.29 Å². The number of nitrogens with zero attached hydrogens (tertiary/aromatic N) is 1. The van der Waals surface area contributed by atoms with E-state index in [0.717, 1.165) is 28.6 Å². The van der Waals surface area contributed by atoms with Gasteiger partial charge in [-0.05, 0) is 51.8 Å². The molecule has 0 aliphatic carbocycles. The molecule has 0 bridgehead atoms. The first-order valence-corrected chi connectivity index (χ1v) is 9.16. The van der Waals surface area contributed by atoms with Gasteiger partial charge < -0.3 is 19.1 Å². The molecule has 0 N–H and O–H groups in total. The van der Waals surface area contributed by atoms with E-state index in [1.54, 1.807) is 4.90 Å². The molecule has 132 valence electrons. The molecule has 3 rings (SSSR count). The highest BCUT2D eigenvalue weighted by Crippen LogP contribution is 2.34. The third-order valence-electron chi connectivity index (χ3n) is 4.24. The van der Waals surface area contributed by atoms with Gasteiger partial charge in [0, 0.05) is 29.0 Å². The van der Waals surface area contributed by atoms with Crippen LogP contribution < -0.4 is 4.74 Å². The van der Waals surface area contributed by atoms with Gasteiger partial charge in [-0.15, -0.1) is 0 Å². The standard InChI is InChI=1S/C18H24BrNO4/c1-18(2,3)24-17(21)20-8-6-12(7-9-20)16-22-11-13-10-14(19)4-5-15(13)23-16/h4-5,10,12,16H,6-9,11H2,1-3H3. The minimum absolute atomic E-state index is 0.235. The predicted molar refractivity (Wildman–Crippen MR) is 93.9 cm³/mol. The Morgan fingerprint density at radius 2 is 2.00 bits per heavy atom. The van der Waals surface area contributed by atoms with Crippen LogP contribution in [-0.4, -0.2) is 36.0 Å². The summed E-state index contributed by atoms with van der Waals surface area (Å²) >= 11 is 3.46. The Morgan fingerprint density at radius 1 is 1.29 bits per heavy atom. The monoisotopic (exact) mass is 397 g/mol. The molecular formula is C18H24BrNO4. The lowest BCUT2D eigenvalue weighted by molar-refractivity contribution is -0.149. The van der Waals surface area contributed by atoms with Gasteiger partial charge in [-0.2, -0.15) is 0 Å². The van der Waals surface area contributed by atoms with Crippen LogP contribution in [0.1, 0.15) is 39.2 Å². The molecule has 1 aromatic carbocycles. The van der Waals surface area contributed by atoms with E-state index in [2.05, 4.69) is 15.9 Å². The third-order valence-corrected chi connectivity index (χ3v) is 4.74. The largest absolute Gasteiger partial charge is 0.464 e. The maximum atomic E-state index is 12.1. The Balaban J connectivity index is 1.54.